The first kappa shape index (κ1) is 28.2. The van der Waals surface area contributed by atoms with E-state index in [0.717, 1.165) is 24.8 Å². The van der Waals surface area contributed by atoms with Crippen molar-refractivity contribution in [1.29, 1.82) is 0 Å². The van der Waals surface area contributed by atoms with E-state index in [-0.39, 0.29) is 18.8 Å². The molecule has 0 aliphatic carbocycles. The summed E-state index contributed by atoms with van der Waals surface area (Å²) in [5.41, 5.74) is 2.23. The molecule has 2 aliphatic heterocycles. The quantitative estimate of drug-likeness (QED) is 0.229. The second-order valence-electron chi connectivity index (χ2n) is 9.75. The topological polar surface area (TPSA) is 102 Å². The molecule has 0 bridgehead atoms. The van der Waals surface area contributed by atoms with E-state index in [4.69, 9.17) is 33.2 Å². The molecule has 0 amide bonds. The van der Waals surface area contributed by atoms with Crippen LogP contribution in [0, 0.1) is 0 Å². The molecule has 0 fully saturated rings. The Balaban J connectivity index is 1.60. The van der Waals surface area contributed by atoms with Gasteiger partial charge in [0.25, 0.3) is 5.79 Å². The van der Waals surface area contributed by atoms with Crippen LogP contribution in [0.3, 0.4) is 0 Å². The maximum atomic E-state index is 13.5. The Kier molecular flexibility index (Phi) is 8.26. The van der Waals surface area contributed by atoms with Crippen LogP contribution in [0.1, 0.15) is 42.9 Å². The Labute approximate surface area is 239 Å². The van der Waals surface area contributed by atoms with Crippen molar-refractivity contribution in [2.75, 3.05) is 34.7 Å². The fourth-order valence-corrected chi connectivity index (χ4v) is 5.05. The highest BCUT2D eigenvalue weighted by atomic mass is 16.7. The molecule has 2 aliphatic rings. The van der Waals surface area contributed by atoms with Crippen LogP contribution in [0.2, 0.25) is 0 Å². The molecule has 3 aromatic carbocycles. The summed E-state index contributed by atoms with van der Waals surface area (Å²) in [4.78, 5) is 13.5. The Bertz CT molecular complexity index is 1420. The van der Waals surface area contributed by atoms with Gasteiger partial charge in [-0.3, -0.25) is 0 Å². The first-order valence-electron chi connectivity index (χ1n) is 13.5. The van der Waals surface area contributed by atoms with Crippen LogP contribution in [0.25, 0.3) is 5.57 Å². The third kappa shape index (κ3) is 5.50. The lowest BCUT2D eigenvalue weighted by Crippen LogP contribution is -2.29. The van der Waals surface area contributed by atoms with Gasteiger partial charge >= 0.3 is 5.97 Å². The van der Waals surface area contributed by atoms with E-state index >= 15 is 0 Å². The zero-order valence-corrected chi connectivity index (χ0v) is 23.7. The van der Waals surface area contributed by atoms with Gasteiger partial charge in [0.2, 0.25) is 12.5 Å². The lowest BCUT2D eigenvalue weighted by atomic mass is 9.88. The van der Waals surface area contributed by atoms with Crippen molar-refractivity contribution in [2.45, 2.75) is 38.4 Å². The minimum Gasteiger partial charge on any atom is -0.497 e. The molecule has 0 spiro atoms. The van der Waals surface area contributed by atoms with Crippen molar-refractivity contribution in [3.8, 4) is 34.5 Å². The number of fused-ring (bicyclic) bond motifs is 1. The van der Waals surface area contributed by atoms with Crippen molar-refractivity contribution in [3.63, 3.8) is 0 Å². The third-order valence-corrected chi connectivity index (χ3v) is 7.19. The Morgan fingerprint density at radius 2 is 1.59 bits per heavy atom. The van der Waals surface area contributed by atoms with Crippen molar-refractivity contribution in [2.24, 2.45) is 0 Å². The van der Waals surface area contributed by atoms with Gasteiger partial charge < -0.3 is 38.3 Å². The molecule has 0 radical (unpaired) electrons. The molecule has 0 saturated heterocycles. The molecule has 0 saturated carbocycles. The second kappa shape index (κ2) is 12.0. The highest BCUT2D eigenvalue weighted by Crippen LogP contribution is 2.48. The van der Waals surface area contributed by atoms with E-state index in [9.17, 15) is 9.90 Å². The van der Waals surface area contributed by atoms with E-state index in [1.807, 2.05) is 12.1 Å². The van der Waals surface area contributed by atoms with Crippen molar-refractivity contribution >= 4 is 11.5 Å². The van der Waals surface area contributed by atoms with Crippen LogP contribution in [0.5, 0.6) is 34.5 Å². The molecule has 5 rings (SSSR count). The largest absolute Gasteiger partial charge is 0.497 e. The first-order valence-corrected chi connectivity index (χ1v) is 13.5. The number of hydrogen-bond acceptors (Lipinski definition) is 9. The van der Waals surface area contributed by atoms with Crippen molar-refractivity contribution in [3.05, 3.63) is 76.9 Å². The van der Waals surface area contributed by atoms with E-state index in [2.05, 4.69) is 6.92 Å². The van der Waals surface area contributed by atoms with Gasteiger partial charge in [-0.2, -0.15) is 0 Å². The highest BCUT2D eigenvalue weighted by Gasteiger charge is 2.48. The average Bonchev–Trinajstić information content (AvgIpc) is 3.56. The van der Waals surface area contributed by atoms with Gasteiger partial charge in [-0.15, -0.1) is 0 Å². The monoisotopic (exact) mass is 562 g/mol. The molecule has 3 aromatic rings. The molecule has 2 heterocycles. The predicted molar refractivity (Wildman–Crippen MR) is 151 cm³/mol. The van der Waals surface area contributed by atoms with Crippen LogP contribution < -0.4 is 28.4 Å². The second-order valence-corrected chi connectivity index (χ2v) is 9.75. The van der Waals surface area contributed by atoms with Crippen LogP contribution in [0.4, 0.5) is 0 Å². The first-order chi connectivity index (χ1) is 19.9. The number of aliphatic hydroxyl groups is 1. The number of methoxy groups -OCH3 is 3. The molecular weight excluding hydrogens is 528 g/mol. The van der Waals surface area contributed by atoms with E-state index < -0.39 is 11.8 Å². The molecule has 0 aromatic heterocycles. The number of ether oxygens (including phenoxy) is 7. The summed E-state index contributed by atoms with van der Waals surface area (Å²) < 4.78 is 39.4. The van der Waals surface area contributed by atoms with Gasteiger partial charge in [0.05, 0.1) is 33.5 Å². The maximum absolute atomic E-state index is 13.5. The summed E-state index contributed by atoms with van der Waals surface area (Å²) >= 11 is 0. The van der Waals surface area contributed by atoms with Gasteiger partial charge in [-0.1, -0.05) is 25.8 Å². The minimum absolute atomic E-state index is 0.0946. The van der Waals surface area contributed by atoms with Crippen LogP contribution in [0.15, 0.2) is 60.2 Å². The highest BCUT2D eigenvalue weighted by molar-refractivity contribution is 6.20. The number of carbonyl (C=O) groups excluding carboxylic acids is 1. The fraction of sp³-hybridized carbons (Fsp3) is 0.344. The average molecular weight is 563 g/mol. The lowest BCUT2D eigenvalue weighted by Gasteiger charge is -2.26. The minimum atomic E-state index is -2.04. The van der Waals surface area contributed by atoms with Gasteiger partial charge in [0.1, 0.15) is 5.75 Å². The summed E-state index contributed by atoms with van der Waals surface area (Å²) in [7, 11) is 4.68. The Morgan fingerprint density at radius 1 is 0.878 bits per heavy atom. The summed E-state index contributed by atoms with van der Waals surface area (Å²) in [6.45, 7) is 2.75. The predicted octanol–water partition coefficient (Wildman–Crippen LogP) is 5.41. The zero-order valence-electron chi connectivity index (χ0n) is 23.7. The SMILES string of the molecule is CCCCCOc1c(OC)cc(CC2=C(c3ccc4c(c3)OCO4)C(=O)OC2(O)c2ccc(OC)cc2)cc1OC. The molecule has 9 nitrogen and oxygen atoms in total. The normalized spacial score (nSPS) is 17.4. The number of unbranched alkanes of at least 4 members (excludes halogenated alkanes) is 2. The smallest absolute Gasteiger partial charge is 0.342 e. The van der Waals surface area contributed by atoms with E-state index in [0.29, 0.717) is 57.8 Å². The lowest BCUT2D eigenvalue weighted by molar-refractivity contribution is -0.185. The van der Waals surface area contributed by atoms with Gasteiger partial charge in [0, 0.05) is 17.6 Å². The molecule has 1 atom stereocenters. The summed E-state index contributed by atoms with van der Waals surface area (Å²) in [6.07, 6.45) is 3.18. The number of rotatable bonds is 12. The number of esters is 1. The Morgan fingerprint density at radius 3 is 2.24 bits per heavy atom. The maximum Gasteiger partial charge on any atom is 0.342 e. The molecule has 9 heteroatoms. The summed E-state index contributed by atoms with van der Waals surface area (Å²) in [5, 5.41) is 12.0. The molecule has 1 unspecified atom stereocenters. The molecular formula is C32H34O9. The zero-order chi connectivity index (χ0) is 29.0. The van der Waals surface area contributed by atoms with E-state index in [1.165, 1.54) is 0 Å². The van der Waals surface area contributed by atoms with Gasteiger partial charge in [-0.05, 0) is 66.1 Å². The summed E-state index contributed by atoms with van der Waals surface area (Å²) in [6, 6.07) is 15.6. The number of cyclic esters (lactones) is 1. The Hall–Kier alpha value is -4.37. The van der Waals surface area contributed by atoms with Gasteiger partial charge in [0.15, 0.2) is 23.0 Å². The number of hydrogen-bond donors (Lipinski definition) is 1. The molecule has 41 heavy (non-hydrogen) atoms. The van der Waals surface area contributed by atoms with Gasteiger partial charge in [-0.25, -0.2) is 4.79 Å². The third-order valence-electron chi connectivity index (χ3n) is 7.19. The summed E-state index contributed by atoms with van der Waals surface area (Å²) in [5.74, 6) is 0.471. The van der Waals surface area contributed by atoms with Crippen LogP contribution >= 0.6 is 0 Å². The van der Waals surface area contributed by atoms with Crippen molar-refractivity contribution < 1.29 is 43.1 Å². The molecule has 1 N–H and O–H groups in total. The number of carbonyl (C=O) groups is 1. The van der Waals surface area contributed by atoms with E-state index in [1.54, 1.807) is 63.8 Å². The van der Waals surface area contributed by atoms with Crippen molar-refractivity contribution in [1.82, 2.24) is 0 Å². The standard InChI is InChI=1S/C32H34O9/c1-5-6-7-14-38-30-27(36-3)16-20(17-28(30)37-4)15-24-29(21-8-13-25-26(18-21)40-19-39-25)31(33)41-32(24,34)22-9-11-23(35-2)12-10-22/h8-13,16-18,34H,5-7,14-15,19H2,1-4H3. The van der Waals surface area contributed by atoms with Crippen LogP contribution in [-0.2, 0) is 21.7 Å². The molecule has 216 valence electrons. The number of benzene rings is 3. The van der Waals surface area contributed by atoms with Crippen LogP contribution in [-0.4, -0.2) is 45.8 Å². The fourth-order valence-electron chi connectivity index (χ4n) is 5.05.